The molecule has 16 heavy (non-hydrogen) atoms. The fourth-order valence-electron chi connectivity index (χ4n) is 1.13. The summed E-state index contributed by atoms with van der Waals surface area (Å²) in [6, 6.07) is 4.66. The summed E-state index contributed by atoms with van der Waals surface area (Å²) in [5, 5.41) is 2.57. The van der Waals surface area contributed by atoms with Crippen molar-refractivity contribution in [1.29, 1.82) is 0 Å². The largest absolute Gasteiger partial charge is 0.323 e. The second-order valence-corrected chi connectivity index (χ2v) is 4.67. The minimum atomic E-state index is -0.712. The van der Waals surface area contributed by atoms with Crippen LogP contribution in [0.1, 0.15) is 19.4 Å². The van der Waals surface area contributed by atoms with Gasteiger partial charge in [-0.2, -0.15) is 0 Å². The first-order chi connectivity index (χ1) is 7.38. The van der Waals surface area contributed by atoms with Crippen molar-refractivity contribution in [2.24, 2.45) is 5.41 Å². The van der Waals surface area contributed by atoms with Gasteiger partial charge < -0.3 is 5.32 Å². The zero-order valence-corrected chi connectivity index (χ0v) is 10.4. The van der Waals surface area contributed by atoms with Gasteiger partial charge in [0.1, 0.15) is 5.82 Å². The molecule has 0 aromatic heterocycles. The molecule has 0 saturated carbocycles. The number of carbonyl (C=O) groups is 1. The van der Waals surface area contributed by atoms with Gasteiger partial charge in [0.05, 0.1) is 11.1 Å². The van der Waals surface area contributed by atoms with Gasteiger partial charge in [-0.05, 0) is 32.4 Å². The summed E-state index contributed by atoms with van der Waals surface area (Å²) in [6.07, 6.45) is 0. The number of anilines is 1. The SMILES string of the molecule is Cc1cccc(F)c1NC(=O)C(C)(C)CCl. The maximum atomic E-state index is 13.5. The van der Waals surface area contributed by atoms with Crippen LogP contribution in [0.25, 0.3) is 0 Å². The van der Waals surface area contributed by atoms with Crippen LogP contribution in [-0.2, 0) is 4.79 Å². The van der Waals surface area contributed by atoms with Crippen molar-refractivity contribution in [2.45, 2.75) is 20.8 Å². The summed E-state index contributed by atoms with van der Waals surface area (Å²) in [5.74, 6) is -0.527. The molecule has 0 aliphatic heterocycles. The fourth-order valence-corrected chi connectivity index (χ4v) is 1.26. The molecule has 88 valence electrons. The monoisotopic (exact) mass is 243 g/mol. The van der Waals surface area contributed by atoms with Crippen LogP contribution in [0, 0.1) is 18.2 Å². The van der Waals surface area contributed by atoms with Crippen LogP contribution >= 0.6 is 11.6 Å². The molecule has 0 unspecified atom stereocenters. The van der Waals surface area contributed by atoms with E-state index in [0.717, 1.165) is 0 Å². The molecule has 1 N–H and O–H groups in total. The van der Waals surface area contributed by atoms with Crippen LogP contribution in [-0.4, -0.2) is 11.8 Å². The molecule has 4 heteroatoms. The first-order valence-electron chi connectivity index (χ1n) is 5.01. The maximum Gasteiger partial charge on any atom is 0.231 e. The molecule has 0 aliphatic carbocycles. The number of para-hydroxylation sites is 1. The molecule has 2 nitrogen and oxygen atoms in total. The molecule has 1 rings (SSSR count). The Morgan fingerprint density at radius 3 is 2.62 bits per heavy atom. The molecule has 0 atom stereocenters. The van der Waals surface area contributed by atoms with E-state index in [1.807, 2.05) is 0 Å². The van der Waals surface area contributed by atoms with Crippen LogP contribution in [0.5, 0.6) is 0 Å². The van der Waals surface area contributed by atoms with E-state index in [9.17, 15) is 9.18 Å². The number of amides is 1. The van der Waals surface area contributed by atoms with E-state index < -0.39 is 11.2 Å². The predicted molar refractivity (Wildman–Crippen MR) is 64.3 cm³/mol. The highest BCUT2D eigenvalue weighted by molar-refractivity contribution is 6.20. The Labute approximate surface area is 99.8 Å². The third-order valence-corrected chi connectivity index (χ3v) is 3.08. The Balaban J connectivity index is 2.94. The molecular formula is C12H15ClFNO. The second-order valence-electron chi connectivity index (χ2n) is 4.40. The quantitative estimate of drug-likeness (QED) is 0.811. The van der Waals surface area contributed by atoms with Gasteiger partial charge in [-0.1, -0.05) is 12.1 Å². The number of halogens is 2. The summed E-state index contributed by atoms with van der Waals surface area (Å²) in [6.45, 7) is 5.17. The summed E-state index contributed by atoms with van der Waals surface area (Å²) in [5.41, 5.74) is 0.209. The molecule has 0 spiro atoms. The maximum absolute atomic E-state index is 13.5. The number of rotatable bonds is 3. The fraction of sp³-hybridized carbons (Fsp3) is 0.417. The highest BCUT2D eigenvalue weighted by atomic mass is 35.5. The first-order valence-corrected chi connectivity index (χ1v) is 5.54. The number of alkyl halides is 1. The Hall–Kier alpha value is -1.09. The summed E-state index contributed by atoms with van der Waals surface area (Å²) in [4.78, 5) is 11.8. The van der Waals surface area contributed by atoms with Crippen LogP contribution in [0.15, 0.2) is 18.2 Å². The second kappa shape index (κ2) is 4.83. The van der Waals surface area contributed by atoms with Gasteiger partial charge in [-0.3, -0.25) is 4.79 Å². The minimum absolute atomic E-state index is 0.187. The summed E-state index contributed by atoms with van der Waals surface area (Å²) < 4.78 is 13.5. The highest BCUT2D eigenvalue weighted by Crippen LogP contribution is 2.24. The van der Waals surface area contributed by atoms with Crippen molar-refractivity contribution >= 4 is 23.2 Å². The average molecular weight is 244 g/mol. The van der Waals surface area contributed by atoms with E-state index in [0.29, 0.717) is 5.56 Å². The highest BCUT2D eigenvalue weighted by Gasteiger charge is 2.27. The lowest BCUT2D eigenvalue weighted by atomic mass is 9.95. The van der Waals surface area contributed by atoms with Crippen LogP contribution in [0.2, 0.25) is 0 Å². The number of nitrogens with one attached hydrogen (secondary N) is 1. The Kier molecular flexibility index (Phi) is 3.92. The minimum Gasteiger partial charge on any atom is -0.323 e. The van der Waals surface area contributed by atoms with Gasteiger partial charge in [0, 0.05) is 5.88 Å². The van der Waals surface area contributed by atoms with E-state index in [2.05, 4.69) is 5.32 Å². The van der Waals surface area contributed by atoms with Gasteiger partial charge in [-0.25, -0.2) is 4.39 Å². The van der Waals surface area contributed by atoms with Crippen molar-refractivity contribution < 1.29 is 9.18 Å². The molecule has 1 aromatic carbocycles. The van der Waals surface area contributed by atoms with E-state index in [-0.39, 0.29) is 17.5 Å². The number of hydrogen-bond donors (Lipinski definition) is 1. The molecule has 1 amide bonds. The molecule has 0 saturated heterocycles. The summed E-state index contributed by atoms with van der Waals surface area (Å²) >= 11 is 5.68. The van der Waals surface area contributed by atoms with E-state index in [4.69, 9.17) is 11.6 Å². The molecule has 0 radical (unpaired) electrons. The molecule has 0 aliphatic rings. The third-order valence-electron chi connectivity index (χ3n) is 2.41. The van der Waals surface area contributed by atoms with Crippen molar-refractivity contribution in [3.63, 3.8) is 0 Å². The van der Waals surface area contributed by atoms with Gasteiger partial charge in [0.25, 0.3) is 0 Å². The molecular weight excluding hydrogens is 229 g/mol. The standard InChI is InChI=1S/C12H15ClFNO/c1-8-5-4-6-9(14)10(8)15-11(16)12(2,3)7-13/h4-6H,7H2,1-3H3,(H,15,16). The topological polar surface area (TPSA) is 29.1 Å². The first kappa shape index (κ1) is 13.0. The molecule has 0 heterocycles. The predicted octanol–water partition coefficient (Wildman–Crippen LogP) is 3.34. The Morgan fingerprint density at radius 2 is 2.12 bits per heavy atom. The van der Waals surface area contributed by atoms with Crippen LogP contribution in [0.4, 0.5) is 10.1 Å². The van der Waals surface area contributed by atoms with E-state index in [1.165, 1.54) is 6.07 Å². The van der Waals surface area contributed by atoms with E-state index >= 15 is 0 Å². The molecule has 1 aromatic rings. The van der Waals surface area contributed by atoms with Crippen molar-refractivity contribution in [1.82, 2.24) is 0 Å². The zero-order valence-electron chi connectivity index (χ0n) is 9.60. The van der Waals surface area contributed by atoms with E-state index in [1.54, 1.807) is 32.9 Å². The van der Waals surface area contributed by atoms with Gasteiger partial charge in [0.15, 0.2) is 0 Å². The van der Waals surface area contributed by atoms with Gasteiger partial charge in [0.2, 0.25) is 5.91 Å². The normalized spacial score (nSPS) is 11.3. The lowest BCUT2D eigenvalue weighted by Gasteiger charge is -2.21. The summed E-state index contributed by atoms with van der Waals surface area (Å²) in [7, 11) is 0. The van der Waals surface area contributed by atoms with Crippen molar-refractivity contribution in [3.8, 4) is 0 Å². The van der Waals surface area contributed by atoms with Crippen molar-refractivity contribution in [3.05, 3.63) is 29.6 Å². The number of carbonyl (C=O) groups excluding carboxylic acids is 1. The number of aryl methyl sites for hydroxylation is 1. The van der Waals surface area contributed by atoms with Gasteiger partial charge >= 0.3 is 0 Å². The third kappa shape index (κ3) is 2.73. The van der Waals surface area contributed by atoms with Crippen LogP contribution in [0.3, 0.4) is 0 Å². The molecule has 0 bridgehead atoms. The zero-order chi connectivity index (χ0) is 12.3. The lowest BCUT2D eigenvalue weighted by molar-refractivity contribution is -0.123. The number of hydrogen-bond acceptors (Lipinski definition) is 1. The van der Waals surface area contributed by atoms with Crippen molar-refractivity contribution in [2.75, 3.05) is 11.2 Å². The smallest absolute Gasteiger partial charge is 0.231 e. The Bertz CT molecular complexity index is 384. The molecule has 0 fully saturated rings. The lowest BCUT2D eigenvalue weighted by Crippen LogP contribution is -2.32. The van der Waals surface area contributed by atoms with Crippen LogP contribution < -0.4 is 5.32 Å². The van der Waals surface area contributed by atoms with Gasteiger partial charge in [-0.15, -0.1) is 11.6 Å². The number of benzene rings is 1. The average Bonchev–Trinajstić information content (AvgIpc) is 2.23. The Morgan fingerprint density at radius 1 is 1.50 bits per heavy atom.